The third-order valence-corrected chi connectivity index (χ3v) is 3.97. The minimum absolute atomic E-state index is 0.293. The first-order chi connectivity index (χ1) is 6.65. The molecule has 0 aromatic rings. The van der Waals surface area contributed by atoms with Crippen molar-refractivity contribution in [3.63, 3.8) is 0 Å². The molecule has 1 rings (SSSR count). The number of carbonyl (C=O) groups is 1. The predicted octanol–water partition coefficient (Wildman–Crippen LogP) is 1.58. The number of aliphatic carboxylic acids is 1. The van der Waals surface area contributed by atoms with E-state index in [2.05, 4.69) is 12.2 Å². The van der Waals surface area contributed by atoms with Gasteiger partial charge >= 0.3 is 5.97 Å². The molecule has 3 nitrogen and oxygen atoms in total. The molecule has 0 radical (unpaired) electrons. The smallest absolute Gasteiger partial charge is 0.321 e. The van der Waals surface area contributed by atoms with Crippen LogP contribution in [0, 0.1) is 5.92 Å². The van der Waals surface area contributed by atoms with Crippen LogP contribution in [0.15, 0.2) is 0 Å². The second-order valence-corrected chi connectivity index (χ2v) is 5.07. The summed E-state index contributed by atoms with van der Waals surface area (Å²) < 4.78 is 0. The summed E-state index contributed by atoms with van der Waals surface area (Å²) in [5.41, 5.74) is 0. The van der Waals surface area contributed by atoms with E-state index in [1.54, 1.807) is 0 Å². The minimum atomic E-state index is -0.696. The first-order valence-electron chi connectivity index (χ1n) is 5.21. The molecule has 14 heavy (non-hydrogen) atoms. The van der Waals surface area contributed by atoms with Crippen LogP contribution in [0.25, 0.3) is 0 Å². The normalized spacial score (nSPS) is 26.0. The molecule has 2 N–H and O–H groups in total. The summed E-state index contributed by atoms with van der Waals surface area (Å²) in [5, 5.41) is 12.3. The van der Waals surface area contributed by atoms with E-state index in [0.29, 0.717) is 12.0 Å². The van der Waals surface area contributed by atoms with Crippen LogP contribution in [0.3, 0.4) is 0 Å². The van der Waals surface area contributed by atoms with Crippen molar-refractivity contribution in [2.45, 2.75) is 38.8 Å². The fraction of sp³-hybridized carbons (Fsp3) is 0.900. The van der Waals surface area contributed by atoms with Gasteiger partial charge in [-0.3, -0.25) is 4.79 Å². The molecule has 0 aromatic carbocycles. The Morgan fingerprint density at radius 2 is 2.43 bits per heavy atom. The van der Waals surface area contributed by atoms with Crippen LogP contribution < -0.4 is 5.32 Å². The van der Waals surface area contributed by atoms with Crippen molar-refractivity contribution in [3.8, 4) is 0 Å². The quantitative estimate of drug-likeness (QED) is 0.734. The number of carboxylic acid groups (broad SMARTS) is 1. The number of hydrogen-bond donors (Lipinski definition) is 2. The fourth-order valence-corrected chi connectivity index (χ4v) is 2.95. The Morgan fingerprint density at radius 1 is 1.71 bits per heavy atom. The second-order valence-electron chi connectivity index (χ2n) is 3.92. The number of carboxylic acids is 1. The molecular formula is C10H19NO2S. The van der Waals surface area contributed by atoms with E-state index in [-0.39, 0.29) is 6.04 Å². The van der Waals surface area contributed by atoms with Crippen molar-refractivity contribution in [2.75, 3.05) is 11.5 Å². The molecule has 0 amide bonds. The first kappa shape index (κ1) is 11.9. The Morgan fingerprint density at radius 3 is 2.86 bits per heavy atom. The highest BCUT2D eigenvalue weighted by atomic mass is 32.2. The van der Waals surface area contributed by atoms with Gasteiger partial charge in [-0.2, -0.15) is 11.8 Å². The maximum absolute atomic E-state index is 11.1. The van der Waals surface area contributed by atoms with E-state index in [0.717, 1.165) is 24.3 Å². The highest BCUT2D eigenvalue weighted by Crippen LogP contribution is 2.26. The molecular weight excluding hydrogens is 198 g/mol. The van der Waals surface area contributed by atoms with Crippen LogP contribution in [0.4, 0.5) is 0 Å². The summed E-state index contributed by atoms with van der Waals surface area (Å²) in [4.78, 5) is 11.1. The number of rotatable bonds is 5. The lowest BCUT2D eigenvalue weighted by Gasteiger charge is -2.23. The molecule has 3 unspecified atom stereocenters. The summed E-state index contributed by atoms with van der Waals surface area (Å²) in [6, 6.07) is -0.0540. The highest BCUT2D eigenvalue weighted by Gasteiger charge is 2.31. The first-order valence-corrected chi connectivity index (χ1v) is 6.37. The third-order valence-electron chi connectivity index (χ3n) is 2.78. The Kier molecular flexibility index (Phi) is 4.75. The van der Waals surface area contributed by atoms with Crippen LogP contribution in [0.5, 0.6) is 0 Å². The van der Waals surface area contributed by atoms with Gasteiger partial charge in [-0.15, -0.1) is 0 Å². The third kappa shape index (κ3) is 3.17. The Bertz CT molecular complexity index is 193. The molecule has 0 aliphatic carbocycles. The van der Waals surface area contributed by atoms with Crippen LogP contribution >= 0.6 is 11.8 Å². The van der Waals surface area contributed by atoms with E-state index in [9.17, 15) is 4.79 Å². The van der Waals surface area contributed by atoms with Crippen molar-refractivity contribution < 1.29 is 9.90 Å². The molecule has 1 fully saturated rings. The van der Waals surface area contributed by atoms with Gasteiger partial charge in [0.2, 0.25) is 0 Å². The zero-order chi connectivity index (χ0) is 10.6. The van der Waals surface area contributed by atoms with E-state index in [4.69, 9.17) is 5.11 Å². The van der Waals surface area contributed by atoms with Crippen molar-refractivity contribution in [1.29, 1.82) is 0 Å². The van der Waals surface area contributed by atoms with Crippen LogP contribution in [-0.4, -0.2) is 34.7 Å². The Labute approximate surface area is 89.6 Å². The summed E-state index contributed by atoms with van der Waals surface area (Å²) >= 11 is 1.86. The van der Waals surface area contributed by atoms with Gasteiger partial charge < -0.3 is 10.4 Å². The fourth-order valence-electron chi connectivity index (χ4n) is 1.65. The molecule has 82 valence electrons. The summed E-state index contributed by atoms with van der Waals surface area (Å²) in [6.07, 6.45) is 2.01. The zero-order valence-corrected chi connectivity index (χ0v) is 9.64. The van der Waals surface area contributed by atoms with Crippen LogP contribution in [-0.2, 0) is 4.79 Å². The molecule has 0 aromatic heterocycles. The lowest BCUT2D eigenvalue weighted by molar-refractivity contribution is -0.141. The standard InChI is InChI=1S/C10H19NO2S/c1-3-7(2)11-9(10(12)13)8-4-5-14-6-8/h7-9,11H,3-6H2,1-2H3,(H,12,13). The Balaban J connectivity index is 2.49. The Hall–Kier alpha value is -0.220. The topological polar surface area (TPSA) is 49.3 Å². The lowest BCUT2D eigenvalue weighted by Crippen LogP contribution is -2.46. The van der Waals surface area contributed by atoms with E-state index >= 15 is 0 Å². The van der Waals surface area contributed by atoms with Crippen molar-refractivity contribution >= 4 is 17.7 Å². The highest BCUT2D eigenvalue weighted by molar-refractivity contribution is 7.99. The van der Waals surface area contributed by atoms with Crippen molar-refractivity contribution in [2.24, 2.45) is 5.92 Å². The maximum Gasteiger partial charge on any atom is 0.321 e. The molecule has 3 atom stereocenters. The van der Waals surface area contributed by atoms with Crippen LogP contribution in [0.1, 0.15) is 26.7 Å². The van der Waals surface area contributed by atoms with Gasteiger partial charge in [-0.05, 0) is 37.2 Å². The molecule has 4 heteroatoms. The van der Waals surface area contributed by atoms with Gasteiger partial charge in [0.25, 0.3) is 0 Å². The minimum Gasteiger partial charge on any atom is -0.480 e. The largest absolute Gasteiger partial charge is 0.480 e. The molecule has 1 heterocycles. The van der Waals surface area contributed by atoms with Gasteiger partial charge in [0.1, 0.15) is 6.04 Å². The van der Waals surface area contributed by atoms with Gasteiger partial charge in [-0.25, -0.2) is 0 Å². The summed E-state index contributed by atoms with van der Waals surface area (Å²) in [7, 11) is 0. The van der Waals surface area contributed by atoms with Gasteiger partial charge in [0.15, 0.2) is 0 Å². The number of nitrogens with one attached hydrogen (secondary N) is 1. The predicted molar refractivity (Wildman–Crippen MR) is 59.7 cm³/mol. The van der Waals surface area contributed by atoms with Gasteiger partial charge in [-0.1, -0.05) is 6.92 Å². The zero-order valence-electron chi connectivity index (χ0n) is 8.82. The van der Waals surface area contributed by atoms with Gasteiger partial charge in [0.05, 0.1) is 0 Å². The number of thioether (sulfide) groups is 1. The van der Waals surface area contributed by atoms with E-state index < -0.39 is 5.97 Å². The monoisotopic (exact) mass is 217 g/mol. The van der Waals surface area contributed by atoms with Crippen molar-refractivity contribution in [1.82, 2.24) is 5.32 Å². The molecule has 0 saturated carbocycles. The molecule has 1 saturated heterocycles. The molecule has 0 spiro atoms. The van der Waals surface area contributed by atoms with Gasteiger partial charge in [0, 0.05) is 6.04 Å². The SMILES string of the molecule is CCC(C)NC(C(=O)O)C1CCSC1. The van der Waals surface area contributed by atoms with Crippen LogP contribution in [0.2, 0.25) is 0 Å². The average molecular weight is 217 g/mol. The van der Waals surface area contributed by atoms with E-state index in [1.807, 2.05) is 18.7 Å². The lowest BCUT2D eigenvalue weighted by atomic mass is 9.98. The second kappa shape index (κ2) is 5.61. The molecule has 1 aliphatic heterocycles. The molecule has 1 aliphatic rings. The maximum atomic E-state index is 11.1. The average Bonchev–Trinajstić information content (AvgIpc) is 2.65. The summed E-state index contributed by atoms with van der Waals surface area (Å²) in [5.74, 6) is 1.71. The number of hydrogen-bond acceptors (Lipinski definition) is 3. The van der Waals surface area contributed by atoms with E-state index in [1.165, 1.54) is 0 Å². The molecule has 0 bridgehead atoms. The summed E-state index contributed by atoms with van der Waals surface area (Å²) in [6.45, 7) is 4.11. The van der Waals surface area contributed by atoms with Crippen molar-refractivity contribution in [3.05, 3.63) is 0 Å².